The molecule has 0 saturated carbocycles. The first-order valence-electron chi connectivity index (χ1n) is 5.94. The standard InChI is InChI=1S/C13H10ClN5O2/c1-20-11-5-4-10(17-18-11)12-16-13(21-19-12)8-6-7(14)2-3-9(8)15/h2-6H,15H2,1H3. The number of rotatable bonds is 3. The Morgan fingerprint density at radius 2 is 2.05 bits per heavy atom. The first-order chi connectivity index (χ1) is 10.2. The normalized spacial score (nSPS) is 10.6. The molecule has 1 aromatic carbocycles. The van der Waals surface area contributed by atoms with Gasteiger partial charge in [0, 0.05) is 16.8 Å². The Morgan fingerprint density at radius 3 is 2.76 bits per heavy atom. The molecule has 21 heavy (non-hydrogen) atoms. The lowest BCUT2D eigenvalue weighted by molar-refractivity contribution is 0.392. The molecule has 0 fully saturated rings. The van der Waals surface area contributed by atoms with E-state index in [0.29, 0.717) is 33.7 Å². The number of aromatic nitrogens is 4. The van der Waals surface area contributed by atoms with Gasteiger partial charge in [0.1, 0.15) is 5.69 Å². The van der Waals surface area contributed by atoms with Crippen LogP contribution in [-0.4, -0.2) is 27.4 Å². The molecule has 2 N–H and O–H groups in total. The van der Waals surface area contributed by atoms with Crippen LogP contribution in [0.4, 0.5) is 5.69 Å². The highest BCUT2D eigenvalue weighted by molar-refractivity contribution is 6.31. The number of anilines is 1. The summed E-state index contributed by atoms with van der Waals surface area (Å²) in [5.74, 6) is 0.976. The number of hydrogen-bond acceptors (Lipinski definition) is 7. The molecule has 0 aliphatic heterocycles. The molecule has 3 rings (SSSR count). The van der Waals surface area contributed by atoms with Crippen LogP contribution in [0.1, 0.15) is 0 Å². The number of ether oxygens (including phenoxy) is 1. The third-order valence-electron chi connectivity index (χ3n) is 2.75. The molecule has 0 unspecified atom stereocenters. The highest BCUT2D eigenvalue weighted by atomic mass is 35.5. The second-order valence-electron chi connectivity index (χ2n) is 4.12. The average molecular weight is 304 g/mol. The van der Waals surface area contributed by atoms with Gasteiger partial charge in [-0.25, -0.2) is 0 Å². The van der Waals surface area contributed by atoms with E-state index in [0.717, 1.165) is 0 Å². The fraction of sp³-hybridized carbons (Fsp3) is 0.0769. The van der Waals surface area contributed by atoms with E-state index >= 15 is 0 Å². The van der Waals surface area contributed by atoms with Crippen LogP contribution in [0.25, 0.3) is 23.0 Å². The third-order valence-corrected chi connectivity index (χ3v) is 2.99. The second-order valence-corrected chi connectivity index (χ2v) is 4.55. The molecule has 2 aromatic heterocycles. The number of nitrogens with two attached hydrogens (primary N) is 1. The molecule has 0 aliphatic carbocycles. The minimum absolute atomic E-state index is 0.266. The quantitative estimate of drug-likeness (QED) is 0.742. The summed E-state index contributed by atoms with van der Waals surface area (Å²) in [7, 11) is 1.51. The minimum atomic E-state index is 0.266. The summed E-state index contributed by atoms with van der Waals surface area (Å²) in [6.45, 7) is 0. The zero-order valence-corrected chi connectivity index (χ0v) is 11.7. The number of methoxy groups -OCH3 is 1. The average Bonchev–Trinajstić information content (AvgIpc) is 2.99. The number of hydrogen-bond donors (Lipinski definition) is 1. The number of nitrogens with zero attached hydrogens (tertiary/aromatic N) is 4. The van der Waals surface area contributed by atoms with E-state index in [1.807, 2.05) is 0 Å². The van der Waals surface area contributed by atoms with Crippen LogP contribution in [0.15, 0.2) is 34.9 Å². The predicted molar refractivity (Wildman–Crippen MR) is 76.7 cm³/mol. The van der Waals surface area contributed by atoms with Crippen molar-refractivity contribution in [3.05, 3.63) is 35.4 Å². The highest BCUT2D eigenvalue weighted by Gasteiger charge is 2.14. The zero-order valence-electron chi connectivity index (χ0n) is 10.9. The van der Waals surface area contributed by atoms with Crippen LogP contribution < -0.4 is 10.5 Å². The molecule has 0 amide bonds. The van der Waals surface area contributed by atoms with Gasteiger partial charge >= 0.3 is 0 Å². The van der Waals surface area contributed by atoms with Gasteiger partial charge in [0.05, 0.1) is 12.7 Å². The minimum Gasteiger partial charge on any atom is -0.480 e. The summed E-state index contributed by atoms with van der Waals surface area (Å²) >= 11 is 5.94. The van der Waals surface area contributed by atoms with E-state index < -0.39 is 0 Å². The molecule has 3 aromatic rings. The van der Waals surface area contributed by atoms with Gasteiger partial charge in [0.25, 0.3) is 5.89 Å². The van der Waals surface area contributed by atoms with Gasteiger partial charge in [-0.15, -0.1) is 10.2 Å². The highest BCUT2D eigenvalue weighted by Crippen LogP contribution is 2.28. The first-order valence-corrected chi connectivity index (χ1v) is 6.32. The number of nitrogen functional groups attached to an aromatic ring is 1. The van der Waals surface area contributed by atoms with Crippen LogP contribution in [0.3, 0.4) is 0 Å². The van der Waals surface area contributed by atoms with Gasteiger partial charge in [-0.1, -0.05) is 16.8 Å². The maximum atomic E-state index is 5.94. The SMILES string of the molecule is COc1ccc(-c2noc(-c3cc(Cl)ccc3N)n2)nn1. The Morgan fingerprint density at radius 1 is 1.19 bits per heavy atom. The molecule has 0 spiro atoms. The number of benzene rings is 1. The van der Waals surface area contributed by atoms with E-state index in [4.69, 9.17) is 26.6 Å². The molecule has 106 valence electrons. The third kappa shape index (κ3) is 2.63. The zero-order chi connectivity index (χ0) is 14.8. The van der Waals surface area contributed by atoms with Crippen molar-refractivity contribution in [2.75, 3.05) is 12.8 Å². The molecule has 0 radical (unpaired) electrons. The van der Waals surface area contributed by atoms with Gasteiger partial charge in [-0.05, 0) is 24.3 Å². The Labute approximate surface area is 124 Å². The van der Waals surface area contributed by atoms with E-state index in [9.17, 15) is 0 Å². The summed E-state index contributed by atoms with van der Waals surface area (Å²) in [4.78, 5) is 4.25. The maximum absolute atomic E-state index is 5.94. The summed E-state index contributed by atoms with van der Waals surface area (Å²) < 4.78 is 10.1. The molecule has 0 saturated heterocycles. The molecule has 0 aliphatic rings. The molecule has 7 nitrogen and oxygen atoms in total. The molecule has 8 heteroatoms. The van der Waals surface area contributed by atoms with Gasteiger partial charge in [-0.3, -0.25) is 0 Å². The Bertz CT molecular complexity index is 772. The van der Waals surface area contributed by atoms with Crippen LogP contribution in [-0.2, 0) is 0 Å². The van der Waals surface area contributed by atoms with E-state index in [-0.39, 0.29) is 5.89 Å². The van der Waals surface area contributed by atoms with Gasteiger partial charge < -0.3 is 15.0 Å². The fourth-order valence-electron chi connectivity index (χ4n) is 1.70. The van der Waals surface area contributed by atoms with Crippen molar-refractivity contribution in [3.8, 4) is 28.9 Å². The second kappa shape index (κ2) is 5.37. The van der Waals surface area contributed by atoms with Crippen molar-refractivity contribution < 1.29 is 9.26 Å². The lowest BCUT2D eigenvalue weighted by Gasteiger charge is -2.00. The molecule has 0 bridgehead atoms. The monoisotopic (exact) mass is 303 g/mol. The predicted octanol–water partition coefficient (Wildman–Crippen LogP) is 2.44. The van der Waals surface area contributed by atoms with E-state index in [1.165, 1.54) is 7.11 Å². The fourth-order valence-corrected chi connectivity index (χ4v) is 1.87. The van der Waals surface area contributed by atoms with Crippen molar-refractivity contribution in [3.63, 3.8) is 0 Å². The van der Waals surface area contributed by atoms with Crippen molar-refractivity contribution in [1.82, 2.24) is 20.3 Å². The van der Waals surface area contributed by atoms with Crippen molar-refractivity contribution in [1.29, 1.82) is 0 Å². The summed E-state index contributed by atoms with van der Waals surface area (Å²) in [6.07, 6.45) is 0. The summed E-state index contributed by atoms with van der Waals surface area (Å²) in [5.41, 5.74) is 7.41. The topological polar surface area (TPSA) is 100.0 Å². The van der Waals surface area contributed by atoms with Crippen molar-refractivity contribution in [2.45, 2.75) is 0 Å². The van der Waals surface area contributed by atoms with Crippen LogP contribution in [0, 0.1) is 0 Å². The van der Waals surface area contributed by atoms with Gasteiger partial charge in [0.15, 0.2) is 0 Å². The molecule has 0 atom stereocenters. The van der Waals surface area contributed by atoms with E-state index in [2.05, 4.69) is 20.3 Å². The Balaban J connectivity index is 1.97. The van der Waals surface area contributed by atoms with Crippen LogP contribution >= 0.6 is 11.6 Å². The summed E-state index contributed by atoms with van der Waals surface area (Å²) in [6, 6.07) is 8.36. The van der Waals surface area contributed by atoms with Crippen LogP contribution in [0.2, 0.25) is 5.02 Å². The van der Waals surface area contributed by atoms with Crippen molar-refractivity contribution >= 4 is 17.3 Å². The van der Waals surface area contributed by atoms with Gasteiger partial charge in [-0.2, -0.15) is 4.98 Å². The summed E-state index contributed by atoms with van der Waals surface area (Å²) in [5, 5.41) is 12.2. The Hall–Kier alpha value is -2.67. The van der Waals surface area contributed by atoms with E-state index in [1.54, 1.807) is 30.3 Å². The van der Waals surface area contributed by atoms with Crippen molar-refractivity contribution in [2.24, 2.45) is 0 Å². The lowest BCUT2D eigenvalue weighted by Crippen LogP contribution is -1.93. The largest absolute Gasteiger partial charge is 0.480 e. The maximum Gasteiger partial charge on any atom is 0.260 e. The molecular weight excluding hydrogens is 294 g/mol. The Kier molecular flexibility index (Phi) is 3.41. The number of halogens is 1. The lowest BCUT2D eigenvalue weighted by atomic mass is 10.2. The first kappa shape index (κ1) is 13.3. The molecule has 2 heterocycles. The van der Waals surface area contributed by atoms with Gasteiger partial charge in [0.2, 0.25) is 11.7 Å². The smallest absolute Gasteiger partial charge is 0.260 e. The van der Waals surface area contributed by atoms with Crippen LogP contribution in [0.5, 0.6) is 5.88 Å². The molecular formula is C13H10ClN5O2.